The summed E-state index contributed by atoms with van der Waals surface area (Å²) in [6, 6.07) is 1.58. The first-order valence-electron chi connectivity index (χ1n) is 4.45. The minimum absolute atomic E-state index is 0.0365. The number of carbonyl (C=O) groups excluding carboxylic acids is 1. The van der Waals surface area contributed by atoms with Crippen molar-refractivity contribution < 1.29 is 9.90 Å². The van der Waals surface area contributed by atoms with Crippen molar-refractivity contribution in [2.45, 2.75) is 19.4 Å². The van der Waals surface area contributed by atoms with Crippen molar-refractivity contribution in [3.63, 3.8) is 0 Å². The maximum absolute atomic E-state index is 11.7. The highest BCUT2D eigenvalue weighted by Crippen LogP contribution is 2.31. The van der Waals surface area contributed by atoms with Gasteiger partial charge in [0.2, 0.25) is 0 Å². The molecule has 1 unspecified atom stereocenters. The Bertz CT molecular complexity index is 350. The molecule has 2 N–H and O–H groups in total. The van der Waals surface area contributed by atoms with Gasteiger partial charge in [0.05, 0.1) is 25.8 Å². The van der Waals surface area contributed by atoms with Crippen LogP contribution in [-0.2, 0) is 0 Å². The zero-order chi connectivity index (χ0) is 11.4. The Labute approximate surface area is 109 Å². The number of hydrogen-bond donors (Lipinski definition) is 2. The maximum atomic E-state index is 11.7. The van der Waals surface area contributed by atoms with Crippen LogP contribution in [0.15, 0.2) is 13.6 Å². The summed E-state index contributed by atoms with van der Waals surface area (Å²) in [6.45, 7) is 1.88. The molecule has 0 bridgehead atoms. The Balaban J connectivity index is 2.72. The average molecular weight is 357 g/mol. The molecule has 1 aromatic rings. The molecule has 0 saturated heterocycles. The molecule has 0 aliphatic heterocycles. The normalized spacial score (nSPS) is 12.5. The fourth-order valence-corrected chi connectivity index (χ4v) is 3.83. The predicted octanol–water partition coefficient (Wildman–Crippen LogP) is 2.77. The van der Waals surface area contributed by atoms with E-state index in [1.807, 2.05) is 6.92 Å². The summed E-state index contributed by atoms with van der Waals surface area (Å²) in [5.74, 6) is -0.162. The van der Waals surface area contributed by atoms with Crippen LogP contribution < -0.4 is 5.32 Å². The molecule has 0 radical (unpaired) electrons. The van der Waals surface area contributed by atoms with Gasteiger partial charge in [-0.25, -0.2) is 0 Å². The molecule has 0 saturated carbocycles. The third-order valence-electron chi connectivity index (χ3n) is 1.95. The van der Waals surface area contributed by atoms with Crippen molar-refractivity contribution in [3.8, 4) is 0 Å². The van der Waals surface area contributed by atoms with Gasteiger partial charge in [-0.1, -0.05) is 6.92 Å². The van der Waals surface area contributed by atoms with Gasteiger partial charge in [-0.3, -0.25) is 4.79 Å². The van der Waals surface area contributed by atoms with E-state index < -0.39 is 0 Å². The van der Waals surface area contributed by atoms with E-state index in [0.29, 0.717) is 12.0 Å². The van der Waals surface area contributed by atoms with E-state index in [4.69, 9.17) is 5.11 Å². The molecule has 84 valence electrons. The minimum Gasteiger partial charge on any atom is -0.394 e. The van der Waals surface area contributed by atoms with Crippen molar-refractivity contribution >= 4 is 49.1 Å². The predicted molar refractivity (Wildman–Crippen MR) is 68.4 cm³/mol. The first kappa shape index (κ1) is 13.2. The summed E-state index contributed by atoms with van der Waals surface area (Å²) in [4.78, 5) is 11.7. The monoisotopic (exact) mass is 355 g/mol. The molecule has 0 spiro atoms. The van der Waals surface area contributed by atoms with Crippen LogP contribution in [0.25, 0.3) is 0 Å². The number of thiophene rings is 1. The number of carbonyl (C=O) groups is 1. The number of rotatable bonds is 4. The lowest BCUT2D eigenvalue weighted by Gasteiger charge is -2.13. The zero-order valence-corrected chi connectivity index (χ0v) is 12.1. The fourth-order valence-electron chi connectivity index (χ4n) is 1.04. The molecule has 3 nitrogen and oxygen atoms in total. The molecule has 1 amide bonds. The summed E-state index contributed by atoms with van der Waals surface area (Å²) in [5, 5.41) is 11.7. The quantitative estimate of drug-likeness (QED) is 0.871. The molecule has 6 heteroatoms. The van der Waals surface area contributed by atoms with Gasteiger partial charge >= 0.3 is 0 Å². The first-order valence-corrected chi connectivity index (χ1v) is 6.85. The Morgan fingerprint density at radius 1 is 1.67 bits per heavy atom. The van der Waals surface area contributed by atoms with Crippen LogP contribution in [0.1, 0.15) is 23.7 Å². The number of halogens is 2. The van der Waals surface area contributed by atoms with Gasteiger partial charge in [0.1, 0.15) is 0 Å². The number of hydrogen-bond acceptors (Lipinski definition) is 3. The van der Waals surface area contributed by atoms with Gasteiger partial charge in [0.15, 0.2) is 0 Å². The number of aliphatic hydroxyl groups is 1. The second-order valence-electron chi connectivity index (χ2n) is 3.00. The van der Waals surface area contributed by atoms with Crippen molar-refractivity contribution in [1.82, 2.24) is 5.32 Å². The smallest absolute Gasteiger partial charge is 0.253 e. The Kier molecular flexibility index (Phi) is 5.25. The minimum atomic E-state index is -0.178. The van der Waals surface area contributed by atoms with Crippen LogP contribution in [0, 0.1) is 0 Å². The Morgan fingerprint density at radius 3 is 2.73 bits per heavy atom. The van der Waals surface area contributed by atoms with E-state index in [9.17, 15) is 4.79 Å². The number of nitrogens with one attached hydrogen (secondary N) is 1. The highest BCUT2D eigenvalue weighted by atomic mass is 79.9. The summed E-state index contributed by atoms with van der Waals surface area (Å²) in [5.41, 5.74) is 0.596. The molecule has 1 aromatic heterocycles. The number of amides is 1. The van der Waals surface area contributed by atoms with Crippen LogP contribution in [-0.4, -0.2) is 23.7 Å². The molecular formula is C9H11Br2NO2S. The highest BCUT2D eigenvalue weighted by Gasteiger charge is 2.16. The van der Waals surface area contributed by atoms with Crippen molar-refractivity contribution in [2.75, 3.05) is 6.61 Å². The van der Waals surface area contributed by atoms with Crippen LogP contribution in [0.4, 0.5) is 0 Å². The molecule has 1 heterocycles. The zero-order valence-electron chi connectivity index (χ0n) is 8.09. The van der Waals surface area contributed by atoms with Gasteiger partial charge in [-0.05, 0) is 44.3 Å². The standard InChI is InChI=1S/C9H11Br2NO2S/c1-2-5(4-13)12-9(14)6-3-7(10)15-8(6)11/h3,5,13H,2,4H2,1H3,(H,12,14). The van der Waals surface area contributed by atoms with E-state index in [-0.39, 0.29) is 18.6 Å². The molecule has 1 atom stereocenters. The Morgan fingerprint density at radius 2 is 2.33 bits per heavy atom. The number of aliphatic hydroxyl groups excluding tert-OH is 1. The molecule has 0 aliphatic rings. The van der Waals surface area contributed by atoms with Crippen molar-refractivity contribution in [3.05, 3.63) is 19.2 Å². The second-order valence-corrected chi connectivity index (χ2v) is 6.75. The fraction of sp³-hybridized carbons (Fsp3) is 0.444. The van der Waals surface area contributed by atoms with Gasteiger partial charge in [-0.2, -0.15) is 0 Å². The molecule has 1 rings (SSSR count). The van der Waals surface area contributed by atoms with Gasteiger partial charge < -0.3 is 10.4 Å². The maximum Gasteiger partial charge on any atom is 0.253 e. The highest BCUT2D eigenvalue weighted by molar-refractivity contribution is 9.12. The third-order valence-corrected chi connectivity index (χ3v) is 4.29. The van der Waals surface area contributed by atoms with Crippen LogP contribution in [0.3, 0.4) is 0 Å². The Hall–Kier alpha value is 0.0900. The molecule has 0 aliphatic carbocycles. The van der Waals surface area contributed by atoms with E-state index >= 15 is 0 Å². The summed E-state index contributed by atoms with van der Waals surface area (Å²) < 4.78 is 1.69. The van der Waals surface area contributed by atoms with E-state index in [2.05, 4.69) is 37.2 Å². The van der Waals surface area contributed by atoms with Gasteiger partial charge in [0.25, 0.3) is 5.91 Å². The molecule has 15 heavy (non-hydrogen) atoms. The van der Waals surface area contributed by atoms with E-state index in [0.717, 1.165) is 7.57 Å². The van der Waals surface area contributed by atoms with Crippen LogP contribution >= 0.6 is 43.2 Å². The SMILES string of the molecule is CCC(CO)NC(=O)c1cc(Br)sc1Br. The topological polar surface area (TPSA) is 49.3 Å². The third kappa shape index (κ3) is 3.55. The summed E-state index contributed by atoms with van der Waals surface area (Å²) in [6.07, 6.45) is 0.713. The first-order chi connectivity index (χ1) is 7.08. The molecular weight excluding hydrogens is 346 g/mol. The van der Waals surface area contributed by atoms with Crippen LogP contribution in [0.2, 0.25) is 0 Å². The molecule has 0 aromatic carbocycles. The van der Waals surface area contributed by atoms with E-state index in [1.54, 1.807) is 6.07 Å². The molecule has 0 fully saturated rings. The lowest BCUT2D eigenvalue weighted by molar-refractivity contribution is 0.0914. The van der Waals surface area contributed by atoms with Crippen LogP contribution in [0.5, 0.6) is 0 Å². The largest absolute Gasteiger partial charge is 0.394 e. The lowest BCUT2D eigenvalue weighted by Crippen LogP contribution is -2.36. The van der Waals surface area contributed by atoms with Gasteiger partial charge in [0, 0.05) is 0 Å². The van der Waals surface area contributed by atoms with Gasteiger partial charge in [-0.15, -0.1) is 11.3 Å². The van der Waals surface area contributed by atoms with E-state index in [1.165, 1.54) is 11.3 Å². The second kappa shape index (κ2) is 5.98. The lowest BCUT2D eigenvalue weighted by atomic mass is 10.2. The summed E-state index contributed by atoms with van der Waals surface area (Å²) >= 11 is 8.08. The summed E-state index contributed by atoms with van der Waals surface area (Å²) in [7, 11) is 0. The van der Waals surface area contributed by atoms with Crippen molar-refractivity contribution in [1.29, 1.82) is 0 Å². The average Bonchev–Trinajstić information content (AvgIpc) is 2.54. The van der Waals surface area contributed by atoms with Crippen molar-refractivity contribution in [2.24, 2.45) is 0 Å².